The molecule has 0 spiro atoms. The van der Waals surface area contributed by atoms with Crippen molar-refractivity contribution in [1.82, 2.24) is 0 Å². The van der Waals surface area contributed by atoms with E-state index in [2.05, 4.69) is 16.4 Å². The monoisotopic (exact) mass is 337 g/mol. The smallest absolute Gasteiger partial charge is 0.277 e. The molecule has 2 rings (SSSR count). The summed E-state index contributed by atoms with van der Waals surface area (Å²) in [7, 11) is -8.19. The fraction of sp³-hybridized carbons (Fsp3) is 0. The van der Waals surface area contributed by atoms with Gasteiger partial charge >= 0.3 is 19.5 Å². The first-order valence-corrected chi connectivity index (χ1v) is 8.92. The van der Waals surface area contributed by atoms with Crippen LogP contribution in [0, 0.1) is 0 Å². The van der Waals surface area contributed by atoms with Gasteiger partial charge in [-0.15, -0.1) is 0 Å². The van der Waals surface area contributed by atoms with Crippen LogP contribution in [0.15, 0.2) is 42.5 Å². The summed E-state index contributed by atoms with van der Waals surface area (Å²) in [4.78, 5) is 0. The maximum Gasteiger partial charge on any atom is 0.357 e. The van der Waals surface area contributed by atoms with Gasteiger partial charge in [0.15, 0.2) is 0 Å². The van der Waals surface area contributed by atoms with Gasteiger partial charge in [-0.2, -0.15) is 16.8 Å². The summed E-state index contributed by atoms with van der Waals surface area (Å²) in [6.45, 7) is 0. The summed E-state index contributed by atoms with van der Waals surface area (Å²) in [5, 5.41) is 1.66. The van der Waals surface area contributed by atoms with Crippen LogP contribution in [0.2, 0.25) is 0 Å². The van der Waals surface area contributed by atoms with Gasteiger partial charge in [0.25, 0.3) is 0 Å². The third-order valence-corrected chi connectivity index (χ3v) is 2.51. The minimum absolute atomic E-state index is 0.371. The van der Waals surface area contributed by atoms with Gasteiger partial charge in [0.05, 0.1) is 5.69 Å². The summed E-state index contributed by atoms with van der Waals surface area (Å²) in [6.07, 6.45) is 0. The molecule has 2 aromatic carbocycles. The Hall–Kier alpha value is -1.33. The second kappa shape index (κ2) is 6.41. The second-order valence-corrected chi connectivity index (χ2v) is 6.99. The van der Waals surface area contributed by atoms with E-state index in [0.29, 0.717) is 5.69 Å². The molecule has 0 saturated heterocycles. The first-order valence-electron chi connectivity index (χ1n) is 4.99. The highest BCUT2D eigenvalue weighted by atomic mass is 33.1. The van der Waals surface area contributed by atoms with Crippen LogP contribution in [0.3, 0.4) is 0 Å². The number of hydrogen-bond acceptors (Lipinski definition) is 4. The van der Waals surface area contributed by atoms with E-state index in [1.165, 1.54) is 0 Å². The van der Waals surface area contributed by atoms with Crippen molar-refractivity contribution in [2.45, 2.75) is 0 Å². The molecule has 3 N–H and O–H groups in total. The third-order valence-electron chi connectivity index (χ3n) is 2.03. The molecule has 0 aliphatic carbocycles. The largest absolute Gasteiger partial charge is 0.357 e. The number of thiol groups is 1. The molecule has 0 aromatic heterocycles. The van der Waals surface area contributed by atoms with Gasteiger partial charge < -0.3 is 0 Å². The lowest BCUT2D eigenvalue weighted by Crippen LogP contribution is -2.10. The molecule has 0 atom stereocenters. The fourth-order valence-corrected chi connectivity index (χ4v) is 1.91. The van der Waals surface area contributed by atoms with Gasteiger partial charge in [-0.25, -0.2) is 0 Å². The fourth-order valence-electron chi connectivity index (χ4n) is 1.45. The molecule has 2 aromatic rings. The van der Waals surface area contributed by atoms with E-state index >= 15 is 0 Å². The SMILES string of the molecule is O=S(=O)(O)Nc1cccc2ccccc12.O=S(=O)(O)S. The van der Waals surface area contributed by atoms with Crippen molar-refractivity contribution in [2.24, 2.45) is 0 Å². The molecule has 0 saturated carbocycles. The van der Waals surface area contributed by atoms with Crippen molar-refractivity contribution >= 4 is 47.6 Å². The first kappa shape index (κ1) is 16.7. The van der Waals surface area contributed by atoms with Crippen LogP contribution in [-0.2, 0) is 19.5 Å². The van der Waals surface area contributed by atoms with Crippen LogP contribution in [0.5, 0.6) is 0 Å². The molecular weight excluding hydrogens is 326 g/mol. The maximum atomic E-state index is 10.7. The van der Waals surface area contributed by atoms with Crippen LogP contribution in [-0.4, -0.2) is 25.9 Å². The van der Waals surface area contributed by atoms with E-state index in [4.69, 9.17) is 17.5 Å². The third kappa shape index (κ3) is 6.73. The molecule has 0 unspecified atom stereocenters. The Balaban J connectivity index is 0.000000347. The predicted molar refractivity (Wildman–Crippen MR) is 79.7 cm³/mol. The zero-order valence-corrected chi connectivity index (χ0v) is 12.4. The summed E-state index contributed by atoms with van der Waals surface area (Å²) in [6, 6.07) is 12.5. The van der Waals surface area contributed by atoms with E-state index in [0.717, 1.165) is 10.8 Å². The van der Waals surface area contributed by atoms with Gasteiger partial charge in [0, 0.05) is 5.39 Å². The Labute approximate surface area is 121 Å². The topological polar surface area (TPSA) is 121 Å². The Morgan fingerprint density at radius 3 is 1.95 bits per heavy atom. The lowest BCUT2D eigenvalue weighted by molar-refractivity contribution is 0.489. The van der Waals surface area contributed by atoms with E-state index in [1.807, 2.05) is 18.2 Å². The summed E-state index contributed by atoms with van der Waals surface area (Å²) < 4.78 is 57.6. The Kier molecular flexibility index (Phi) is 5.36. The van der Waals surface area contributed by atoms with Crippen LogP contribution < -0.4 is 4.72 Å². The molecular formula is C10H11NO6S3. The van der Waals surface area contributed by atoms with Gasteiger partial charge in [0.1, 0.15) is 0 Å². The lowest BCUT2D eigenvalue weighted by Gasteiger charge is -2.06. The predicted octanol–water partition coefficient (Wildman–Crippen LogP) is 1.77. The molecule has 20 heavy (non-hydrogen) atoms. The number of rotatable bonds is 2. The Morgan fingerprint density at radius 2 is 1.40 bits per heavy atom. The number of benzene rings is 2. The molecule has 0 amide bonds. The van der Waals surface area contributed by atoms with Crippen LogP contribution in [0.1, 0.15) is 0 Å². The quantitative estimate of drug-likeness (QED) is 0.376. The van der Waals surface area contributed by atoms with E-state index in [1.54, 1.807) is 24.3 Å². The van der Waals surface area contributed by atoms with Crippen molar-refractivity contribution in [1.29, 1.82) is 0 Å². The normalized spacial score (nSPS) is 11.6. The van der Waals surface area contributed by atoms with Crippen molar-refractivity contribution in [3.8, 4) is 0 Å². The Bertz CT molecular complexity index is 787. The highest BCUT2D eigenvalue weighted by molar-refractivity contribution is 8.61. The number of hydrogen-bond donors (Lipinski definition) is 4. The minimum Gasteiger partial charge on any atom is -0.277 e. The van der Waals surface area contributed by atoms with Gasteiger partial charge in [-0.1, -0.05) is 36.4 Å². The molecule has 0 heterocycles. The Morgan fingerprint density at radius 1 is 0.900 bits per heavy atom. The molecule has 110 valence electrons. The maximum absolute atomic E-state index is 10.7. The molecule has 7 nitrogen and oxygen atoms in total. The number of anilines is 1. The molecule has 0 aliphatic rings. The molecule has 0 radical (unpaired) electrons. The summed E-state index contributed by atoms with van der Waals surface area (Å²) in [5.74, 6) is 0. The highest BCUT2D eigenvalue weighted by Gasteiger charge is 2.06. The van der Waals surface area contributed by atoms with Crippen molar-refractivity contribution < 1.29 is 25.9 Å². The van der Waals surface area contributed by atoms with Crippen LogP contribution >= 0.6 is 11.7 Å². The van der Waals surface area contributed by atoms with Gasteiger partial charge in [-0.05, 0) is 23.1 Å². The average Bonchev–Trinajstić information content (AvgIpc) is 2.25. The van der Waals surface area contributed by atoms with Crippen molar-refractivity contribution in [2.75, 3.05) is 4.72 Å². The van der Waals surface area contributed by atoms with Crippen molar-refractivity contribution in [3.63, 3.8) is 0 Å². The summed E-state index contributed by atoms with van der Waals surface area (Å²) in [5.41, 5.74) is 0.371. The highest BCUT2D eigenvalue weighted by Crippen LogP contribution is 2.23. The van der Waals surface area contributed by atoms with E-state index in [9.17, 15) is 8.42 Å². The minimum atomic E-state index is -4.22. The first-order chi connectivity index (χ1) is 9.06. The zero-order valence-electron chi connectivity index (χ0n) is 9.83. The number of fused-ring (bicyclic) bond motifs is 1. The van der Waals surface area contributed by atoms with E-state index < -0.39 is 19.5 Å². The molecule has 10 heteroatoms. The molecule has 0 fully saturated rings. The zero-order chi connectivity index (χ0) is 15.4. The standard InChI is InChI=1S/C10H9NO3S.H2O3S2/c12-15(13,14)11-10-7-3-5-8-4-1-2-6-9(8)10;1-5(2,3)4/h1-7,11H,(H,12,13,14);(H2,1,2,3,4). The van der Waals surface area contributed by atoms with Crippen LogP contribution in [0.25, 0.3) is 10.8 Å². The summed E-state index contributed by atoms with van der Waals surface area (Å²) >= 11 is 2.65. The molecule has 0 bridgehead atoms. The lowest BCUT2D eigenvalue weighted by atomic mass is 10.1. The average molecular weight is 337 g/mol. The van der Waals surface area contributed by atoms with Gasteiger partial charge in [0.2, 0.25) is 0 Å². The number of nitrogens with one attached hydrogen (secondary N) is 1. The van der Waals surface area contributed by atoms with E-state index in [-0.39, 0.29) is 0 Å². The van der Waals surface area contributed by atoms with Crippen molar-refractivity contribution in [3.05, 3.63) is 42.5 Å². The van der Waals surface area contributed by atoms with Crippen LogP contribution in [0.4, 0.5) is 5.69 Å². The molecule has 0 aliphatic heterocycles. The van der Waals surface area contributed by atoms with Gasteiger partial charge in [-0.3, -0.25) is 13.8 Å². The second-order valence-electron chi connectivity index (χ2n) is 3.55.